The molecular formula is C30H20N4O16S5. The van der Waals surface area contributed by atoms with Crippen LogP contribution in [0.5, 0.6) is 5.75 Å². The lowest BCUT2D eigenvalue weighted by molar-refractivity contribution is 0.444. The number of phenolic OH excluding ortho intramolecular Hbond substituents is 1. The summed E-state index contributed by atoms with van der Waals surface area (Å²) >= 11 is 0. The number of fused-ring (bicyclic) bond motifs is 3. The minimum absolute atomic E-state index is 0.0327. The first-order valence-electron chi connectivity index (χ1n) is 14.5. The van der Waals surface area contributed by atoms with E-state index in [9.17, 15) is 70.0 Å². The van der Waals surface area contributed by atoms with Crippen LogP contribution in [-0.2, 0) is 50.6 Å². The van der Waals surface area contributed by atoms with E-state index in [2.05, 4.69) is 20.5 Å². The molecule has 6 rings (SSSR count). The van der Waals surface area contributed by atoms with Crippen LogP contribution < -0.4 is 0 Å². The summed E-state index contributed by atoms with van der Waals surface area (Å²) in [5.41, 5.74) is -1.13. The van der Waals surface area contributed by atoms with Gasteiger partial charge in [-0.15, -0.1) is 20.5 Å². The third kappa shape index (κ3) is 8.05. The van der Waals surface area contributed by atoms with Crippen LogP contribution in [0.25, 0.3) is 32.3 Å². The molecule has 0 aliphatic carbocycles. The van der Waals surface area contributed by atoms with Gasteiger partial charge in [0.05, 0.1) is 36.6 Å². The highest BCUT2D eigenvalue weighted by atomic mass is 32.2. The highest BCUT2D eigenvalue weighted by Crippen LogP contribution is 2.43. The number of aromatic hydroxyl groups is 1. The summed E-state index contributed by atoms with van der Waals surface area (Å²) in [6, 6.07) is 13.9. The van der Waals surface area contributed by atoms with E-state index < -0.39 is 86.5 Å². The first-order chi connectivity index (χ1) is 25.3. The predicted octanol–water partition coefficient (Wildman–Crippen LogP) is 5.92. The number of phenols is 1. The summed E-state index contributed by atoms with van der Waals surface area (Å²) in [5, 5.41) is 26.5. The smallest absolute Gasteiger partial charge is 0.298 e. The summed E-state index contributed by atoms with van der Waals surface area (Å²) in [7, 11) is -24.4. The van der Waals surface area contributed by atoms with Crippen molar-refractivity contribution in [2.24, 2.45) is 20.5 Å². The molecule has 0 aromatic heterocycles. The van der Waals surface area contributed by atoms with Gasteiger partial charge in [-0.25, -0.2) is 0 Å². The summed E-state index contributed by atoms with van der Waals surface area (Å²) in [4.78, 5) is -3.75. The number of azo groups is 2. The second-order valence-corrected chi connectivity index (χ2v) is 18.4. The van der Waals surface area contributed by atoms with E-state index in [1.54, 1.807) is 0 Å². The van der Waals surface area contributed by atoms with Gasteiger partial charge in [-0.1, -0.05) is 18.2 Å². The SMILES string of the molecule is O=S(=O)(O)c1ccc2c(N=Nc3ccc(N=Nc4c(O)c(S(=O)(=O)O)cc5cc(S(=O)(=O)O)ccc45)c4ccc(S(=O)(=O)O)cc34)cc(S(=O)(=O)O)cc2c1. The first kappa shape index (κ1) is 39.3. The third-order valence-electron chi connectivity index (χ3n) is 7.83. The highest BCUT2D eigenvalue weighted by Gasteiger charge is 2.24. The molecule has 286 valence electrons. The van der Waals surface area contributed by atoms with Crippen LogP contribution in [0.15, 0.2) is 130 Å². The van der Waals surface area contributed by atoms with Gasteiger partial charge >= 0.3 is 0 Å². The Morgan fingerprint density at radius 1 is 0.364 bits per heavy atom. The van der Waals surface area contributed by atoms with E-state index in [1.165, 1.54) is 12.1 Å². The van der Waals surface area contributed by atoms with Crippen LogP contribution in [0.1, 0.15) is 0 Å². The van der Waals surface area contributed by atoms with E-state index in [1.807, 2.05) is 0 Å². The number of rotatable bonds is 9. The molecule has 0 amide bonds. The highest BCUT2D eigenvalue weighted by molar-refractivity contribution is 7.87. The second-order valence-electron chi connectivity index (χ2n) is 11.4. The molecule has 0 heterocycles. The van der Waals surface area contributed by atoms with Gasteiger partial charge in [-0.3, -0.25) is 22.8 Å². The van der Waals surface area contributed by atoms with Gasteiger partial charge in [0, 0.05) is 21.5 Å². The largest absolute Gasteiger partial charge is 0.504 e. The molecule has 0 saturated heterocycles. The normalized spacial score (nSPS) is 13.5. The Hall–Kier alpha value is -5.35. The Bertz CT molecular complexity index is 3290. The molecule has 0 fully saturated rings. The van der Waals surface area contributed by atoms with Crippen LogP contribution in [-0.4, -0.2) is 70.0 Å². The van der Waals surface area contributed by atoms with Crippen molar-refractivity contribution in [3.8, 4) is 5.75 Å². The molecule has 0 spiro atoms. The van der Waals surface area contributed by atoms with Crippen molar-refractivity contribution in [2.75, 3.05) is 0 Å². The lowest BCUT2D eigenvalue weighted by atomic mass is 10.1. The maximum absolute atomic E-state index is 12.1. The second kappa shape index (κ2) is 13.4. The van der Waals surface area contributed by atoms with Gasteiger partial charge in [-0.2, -0.15) is 42.1 Å². The standard InChI is InChI=1S/C30H20N4O16S5/c35-30-28(55(48,49)50)12-16-10-18(52(39,40)41)2-5-22(16)29(30)34-32-25-7-8-26(24-13-19(53(42,43)44)3-6-23(24)25)31-33-27-14-20(54(45,46)47)11-15-9-17(51(36,37)38)1-4-21(15)27/h1-14,35H,(H,36,37,38)(H,39,40,41)(H,42,43,44)(H,45,46,47)(H,48,49,50). The molecule has 6 aromatic rings. The molecule has 6 aromatic carbocycles. The van der Waals surface area contributed by atoms with Crippen LogP contribution in [0, 0.1) is 0 Å². The van der Waals surface area contributed by atoms with Gasteiger partial charge in [0.25, 0.3) is 50.6 Å². The number of nitrogens with zero attached hydrogens (tertiary/aromatic N) is 4. The van der Waals surface area contributed by atoms with Crippen LogP contribution >= 0.6 is 0 Å². The predicted molar refractivity (Wildman–Crippen MR) is 191 cm³/mol. The van der Waals surface area contributed by atoms with Gasteiger partial charge in [-0.05, 0) is 77.5 Å². The average Bonchev–Trinajstić information content (AvgIpc) is 3.07. The van der Waals surface area contributed by atoms with Gasteiger partial charge in [0.1, 0.15) is 10.6 Å². The van der Waals surface area contributed by atoms with Gasteiger partial charge in [0.15, 0.2) is 5.75 Å². The Morgan fingerprint density at radius 3 is 1.31 bits per heavy atom. The van der Waals surface area contributed by atoms with Gasteiger partial charge < -0.3 is 5.11 Å². The monoisotopic (exact) mass is 852 g/mol. The van der Waals surface area contributed by atoms with Gasteiger partial charge in [0.2, 0.25) is 0 Å². The molecule has 0 saturated carbocycles. The molecule has 0 atom stereocenters. The van der Waals surface area contributed by atoms with E-state index in [0.29, 0.717) is 0 Å². The molecule has 55 heavy (non-hydrogen) atoms. The Balaban J connectivity index is 1.55. The summed E-state index contributed by atoms with van der Waals surface area (Å²) in [6.45, 7) is 0. The molecule has 0 bridgehead atoms. The fourth-order valence-corrected chi connectivity index (χ4v) is 8.02. The van der Waals surface area contributed by atoms with Crippen LogP contribution in [0.2, 0.25) is 0 Å². The average molecular weight is 853 g/mol. The minimum Gasteiger partial charge on any atom is -0.504 e. The fraction of sp³-hybridized carbons (Fsp3) is 0. The topological polar surface area (TPSA) is 342 Å². The molecule has 20 nitrogen and oxygen atoms in total. The molecule has 25 heteroatoms. The Labute approximate surface area is 309 Å². The molecule has 6 N–H and O–H groups in total. The van der Waals surface area contributed by atoms with Crippen molar-refractivity contribution < 1.29 is 70.0 Å². The molecule has 0 aliphatic rings. The number of hydrogen-bond acceptors (Lipinski definition) is 15. The molecular weight excluding hydrogens is 833 g/mol. The Kier molecular flexibility index (Phi) is 9.62. The Morgan fingerprint density at radius 2 is 0.782 bits per heavy atom. The lowest BCUT2D eigenvalue weighted by Gasteiger charge is -2.10. The zero-order chi connectivity index (χ0) is 40.5. The quantitative estimate of drug-likeness (QED) is 0.0726. The number of hydrogen-bond donors (Lipinski definition) is 6. The summed E-state index contributed by atoms with van der Waals surface area (Å²) in [6.07, 6.45) is 0. The zero-order valence-electron chi connectivity index (χ0n) is 26.7. The first-order valence-corrected chi connectivity index (χ1v) is 21.7. The molecule has 0 aliphatic heterocycles. The lowest BCUT2D eigenvalue weighted by Crippen LogP contribution is -2.00. The summed E-state index contributed by atoms with van der Waals surface area (Å²) in [5.74, 6) is -1.11. The molecule has 0 unspecified atom stereocenters. The van der Waals surface area contributed by atoms with E-state index in [4.69, 9.17) is 0 Å². The zero-order valence-corrected chi connectivity index (χ0v) is 30.8. The van der Waals surface area contributed by atoms with Crippen molar-refractivity contribution in [1.29, 1.82) is 0 Å². The van der Waals surface area contributed by atoms with Crippen molar-refractivity contribution in [2.45, 2.75) is 24.5 Å². The van der Waals surface area contributed by atoms with E-state index in [-0.39, 0.29) is 49.4 Å². The molecule has 0 radical (unpaired) electrons. The van der Waals surface area contributed by atoms with Crippen LogP contribution in [0.3, 0.4) is 0 Å². The van der Waals surface area contributed by atoms with E-state index >= 15 is 0 Å². The van der Waals surface area contributed by atoms with Crippen molar-refractivity contribution >= 4 is 106 Å². The minimum atomic E-state index is -5.15. The maximum atomic E-state index is 12.1. The van der Waals surface area contributed by atoms with Crippen molar-refractivity contribution in [1.82, 2.24) is 0 Å². The third-order valence-corrected chi connectivity index (χ3v) is 12.1. The fourth-order valence-electron chi connectivity index (χ4n) is 5.32. The summed E-state index contributed by atoms with van der Waals surface area (Å²) < 4.78 is 167. The number of benzene rings is 6. The van der Waals surface area contributed by atoms with Crippen molar-refractivity contribution in [3.05, 3.63) is 84.9 Å². The van der Waals surface area contributed by atoms with Crippen LogP contribution in [0.4, 0.5) is 22.7 Å². The van der Waals surface area contributed by atoms with Crippen molar-refractivity contribution in [3.63, 3.8) is 0 Å². The van der Waals surface area contributed by atoms with E-state index in [0.717, 1.165) is 72.8 Å². The maximum Gasteiger partial charge on any atom is 0.298 e.